The van der Waals surface area contributed by atoms with Crippen LogP contribution in [0.15, 0.2) is 58.4 Å². The maximum atomic E-state index is 12.2. The molecule has 28 heavy (non-hydrogen) atoms. The van der Waals surface area contributed by atoms with Crippen LogP contribution in [0.25, 0.3) is 0 Å². The quantitative estimate of drug-likeness (QED) is 0.430. The molecule has 3 rings (SSSR count). The van der Waals surface area contributed by atoms with Crippen LogP contribution in [0.5, 0.6) is 11.5 Å². The number of ether oxygens (including phenoxy) is 1. The van der Waals surface area contributed by atoms with E-state index < -0.39 is 5.91 Å². The van der Waals surface area contributed by atoms with Crippen LogP contribution in [0.1, 0.15) is 21.5 Å². The van der Waals surface area contributed by atoms with Crippen molar-refractivity contribution in [2.75, 3.05) is 7.11 Å². The second-order valence-corrected chi connectivity index (χ2v) is 7.14. The molecule has 0 radical (unpaired) electrons. The summed E-state index contributed by atoms with van der Waals surface area (Å²) in [5.74, 6) is 0.0577. The van der Waals surface area contributed by atoms with E-state index in [1.165, 1.54) is 18.3 Å². The lowest BCUT2D eigenvalue weighted by molar-refractivity contribution is 0.0952. The molecule has 1 amide bonds. The average Bonchev–Trinajstić information content (AvgIpc) is 3.08. The molecule has 9 heteroatoms. The summed E-state index contributed by atoms with van der Waals surface area (Å²) in [7, 11) is 1.59. The van der Waals surface area contributed by atoms with Gasteiger partial charge in [-0.15, -0.1) is 0 Å². The number of halogens is 2. The second kappa shape index (κ2) is 8.90. The number of carbonyl (C=O) groups excluding carboxylic acids is 1. The van der Waals surface area contributed by atoms with E-state index in [0.29, 0.717) is 21.8 Å². The van der Waals surface area contributed by atoms with E-state index >= 15 is 0 Å². The molecule has 0 aliphatic carbocycles. The largest absolute Gasteiger partial charge is 0.507 e. The summed E-state index contributed by atoms with van der Waals surface area (Å²) in [6.07, 6.45) is 4.78. The van der Waals surface area contributed by atoms with Crippen molar-refractivity contribution in [2.24, 2.45) is 5.10 Å². The molecule has 2 N–H and O–H groups in total. The molecule has 0 atom stereocenters. The smallest absolute Gasteiger partial charge is 0.275 e. The number of amides is 1. The van der Waals surface area contributed by atoms with Gasteiger partial charge in [0.1, 0.15) is 11.5 Å². The fourth-order valence-electron chi connectivity index (χ4n) is 2.52. The van der Waals surface area contributed by atoms with Gasteiger partial charge in [0.15, 0.2) is 0 Å². The lowest BCUT2D eigenvalue weighted by atomic mass is 10.1. The minimum atomic E-state index is -0.519. The SMILES string of the molecule is COc1ccc(C=NNC(=O)c2cc(Br)ccc2O)cc1Cn1cc(Cl)cn1. The van der Waals surface area contributed by atoms with Crippen LogP contribution >= 0.6 is 27.5 Å². The number of phenolic OH excluding ortho intramolecular Hbond substituents is 1. The van der Waals surface area contributed by atoms with Crippen LogP contribution in [0.4, 0.5) is 0 Å². The first-order chi connectivity index (χ1) is 13.5. The van der Waals surface area contributed by atoms with E-state index in [-0.39, 0.29) is 11.3 Å². The molecule has 144 valence electrons. The van der Waals surface area contributed by atoms with Gasteiger partial charge in [0.2, 0.25) is 0 Å². The molecule has 1 heterocycles. The van der Waals surface area contributed by atoms with Crippen LogP contribution in [0.3, 0.4) is 0 Å². The first-order valence-corrected chi connectivity index (χ1v) is 9.30. The Hall–Kier alpha value is -2.84. The van der Waals surface area contributed by atoms with E-state index in [1.54, 1.807) is 30.3 Å². The summed E-state index contributed by atoms with van der Waals surface area (Å²) in [6, 6.07) is 10.1. The number of nitrogens with one attached hydrogen (secondary N) is 1. The Bertz CT molecular complexity index is 1040. The average molecular weight is 464 g/mol. The number of hydrogen-bond donors (Lipinski definition) is 2. The molecule has 0 aliphatic heterocycles. The van der Waals surface area contributed by atoms with Crippen molar-refractivity contribution >= 4 is 39.7 Å². The van der Waals surface area contributed by atoms with E-state index in [0.717, 1.165) is 11.1 Å². The number of carbonyl (C=O) groups is 1. The minimum absolute atomic E-state index is 0.123. The number of aromatic nitrogens is 2. The molecule has 0 fully saturated rings. The predicted octanol–water partition coefficient (Wildman–Crippen LogP) is 3.83. The number of hydrazone groups is 1. The van der Waals surface area contributed by atoms with Crippen LogP contribution in [0.2, 0.25) is 5.02 Å². The van der Waals surface area contributed by atoms with Crippen molar-refractivity contribution in [3.05, 3.63) is 75.0 Å². The van der Waals surface area contributed by atoms with Crippen LogP contribution in [0, 0.1) is 0 Å². The number of aromatic hydroxyl groups is 1. The minimum Gasteiger partial charge on any atom is -0.507 e. The third-order valence-electron chi connectivity index (χ3n) is 3.82. The van der Waals surface area contributed by atoms with Gasteiger partial charge in [0.25, 0.3) is 5.91 Å². The predicted molar refractivity (Wildman–Crippen MR) is 110 cm³/mol. The fraction of sp³-hybridized carbons (Fsp3) is 0.105. The first-order valence-electron chi connectivity index (χ1n) is 8.13. The molecule has 0 saturated carbocycles. The first kappa shape index (κ1) is 19.9. The highest BCUT2D eigenvalue weighted by molar-refractivity contribution is 9.10. The standard InChI is InChI=1S/C19H16BrClN4O3/c1-28-18-5-2-12(6-13(18)10-25-11-15(21)9-23-25)8-22-24-19(27)16-7-14(20)3-4-17(16)26/h2-9,11,26H,10H2,1H3,(H,24,27). The molecule has 2 aromatic carbocycles. The maximum Gasteiger partial charge on any atom is 0.275 e. The highest BCUT2D eigenvalue weighted by Gasteiger charge is 2.11. The molecular formula is C19H16BrClN4O3. The van der Waals surface area contributed by atoms with Gasteiger partial charge in [-0.2, -0.15) is 10.2 Å². The number of benzene rings is 2. The summed E-state index contributed by atoms with van der Waals surface area (Å²) in [6.45, 7) is 0.468. The van der Waals surface area contributed by atoms with Crippen LogP contribution in [-0.2, 0) is 6.54 Å². The second-order valence-electron chi connectivity index (χ2n) is 5.79. The van der Waals surface area contributed by atoms with Crippen molar-refractivity contribution < 1.29 is 14.6 Å². The zero-order valence-electron chi connectivity index (χ0n) is 14.8. The molecular weight excluding hydrogens is 448 g/mol. The Kier molecular flexibility index (Phi) is 6.33. The van der Waals surface area contributed by atoms with Crippen molar-refractivity contribution in [3.63, 3.8) is 0 Å². The number of hydrogen-bond acceptors (Lipinski definition) is 5. The normalized spacial score (nSPS) is 11.0. The molecule has 0 spiro atoms. The lowest BCUT2D eigenvalue weighted by Gasteiger charge is -2.09. The Balaban J connectivity index is 1.73. The molecule has 1 aromatic heterocycles. The Morgan fingerprint density at radius 3 is 2.93 bits per heavy atom. The Morgan fingerprint density at radius 1 is 1.39 bits per heavy atom. The van der Waals surface area contributed by atoms with Crippen molar-refractivity contribution in [3.8, 4) is 11.5 Å². The summed E-state index contributed by atoms with van der Waals surface area (Å²) in [5, 5.41) is 18.5. The summed E-state index contributed by atoms with van der Waals surface area (Å²) in [5.41, 5.74) is 4.16. The maximum absolute atomic E-state index is 12.2. The van der Waals surface area contributed by atoms with Gasteiger partial charge < -0.3 is 9.84 Å². The summed E-state index contributed by atoms with van der Waals surface area (Å²) in [4.78, 5) is 12.2. The zero-order chi connectivity index (χ0) is 20.1. The molecule has 0 aliphatic rings. The number of rotatable bonds is 6. The van der Waals surface area contributed by atoms with Crippen molar-refractivity contribution in [1.82, 2.24) is 15.2 Å². The van der Waals surface area contributed by atoms with Gasteiger partial charge in [-0.3, -0.25) is 9.48 Å². The van der Waals surface area contributed by atoms with Crippen molar-refractivity contribution in [2.45, 2.75) is 6.54 Å². The lowest BCUT2D eigenvalue weighted by Crippen LogP contribution is -2.17. The van der Waals surface area contributed by atoms with E-state index in [9.17, 15) is 9.90 Å². The third kappa shape index (κ3) is 4.90. The van der Waals surface area contributed by atoms with E-state index in [4.69, 9.17) is 16.3 Å². The summed E-state index contributed by atoms with van der Waals surface area (Å²) < 4.78 is 7.76. The van der Waals surface area contributed by atoms with Gasteiger partial charge in [-0.25, -0.2) is 5.43 Å². The van der Waals surface area contributed by atoms with Crippen LogP contribution in [-0.4, -0.2) is 34.1 Å². The highest BCUT2D eigenvalue weighted by Crippen LogP contribution is 2.22. The molecule has 0 unspecified atom stereocenters. The van der Waals surface area contributed by atoms with E-state index in [2.05, 4.69) is 31.6 Å². The van der Waals surface area contributed by atoms with Gasteiger partial charge in [0.05, 0.1) is 36.7 Å². The molecule has 0 bridgehead atoms. The number of phenols is 1. The molecule has 7 nitrogen and oxygen atoms in total. The summed E-state index contributed by atoms with van der Waals surface area (Å²) >= 11 is 9.17. The zero-order valence-corrected chi connectivity index (χ0v) is 17.1. The Morgan fingerprint density at radius 2 is 2.21 bits per heavy atom. The number of nitrogens with zero attached hydrogens (tertiary/aromatic N) is 3. The third-order valence-corrected chi connectivity index (χ3v) is 4.51. The monoisotopic (exact) mass is 462 g/mol. The number of methoxy groups -OCH3 is 1. The van der Waals surface area contributed by atoms with Gasteiger partial charge in [-0.1, -0.05) is 27.5 Å². The topological polar surface area (TPSA) is 88.7 Å². The van der Waals surface area contributed by atoms with Gasteiger partial charge in [0, 0.05) is 16.2 Å². The van der Waals surface area contributed by atoms with Gasteiger partial charge in [-0.05, 0) is 42.0 Å². The Labute approximate surface area is 174 Å². The highest BCUT2D eigenvalue weighted by atomic mass is 79.9. The van der Waals surface area contributed by atoms with E-state index in [1.807, 2.05) is 18.2 Å². The fourth-order valence-corrected chi connectivity index (χ4v) is 3.03. The van der Waals surface area contributed by atoms with Gasteiger partial charge >= 0.3 is 0 Å². The van der Waals surface area contributed by atoms with Crippen LogP contribution < -0.4 is 10.2 Å². The molecule has 3 aromatic rings. The molecule has 0 saturated heterocycles. The van der Waals surface area contributed by atoms with Crippen molar-refractivity contribution in [1.29, 1.82) is 0 Å².